The minimum Gasteiger partial charge on any atom is -0.147 e. The maximum atomic E-state index is 2.73. The van der Waals surface area contributed by atoms with Crippen molar-refractivity contribution in [3.05, 3.63) is 95.4 Å². The van der Waals surface area contributed by atoms with Gasteiger partial charge in [-0.15, -0.1) is 24.8 Å². The Labute approximate surface area is 228 Å². The van der Waals surface area contributed by atoms with Crippen LogP contribution in [0.5, 0.6) is 0 Å². The largest absolute Gasteiger partial charge is 0.147 e. The molecule has 0 amide bonds. The SMILES string of the molecule is CC1=C(C)C(C)[C]([Zr]([CH]2C=C(c3c(C)cc(C)c(C)c3C)c3ccccc32)=[Si](C)C)=C1C.Cl.Cl. The summed E-state index contributed by atoms with van der Waals surface area (Å²) in [5.74, 6) is 0.652. The van der Waals surface area contributed by atoms with Crippen molar-refractivity contribution in [2.75, 3.05) is 0 Å². The van der Waals surface area contributed by atoms with Gasteiger partial charge in [0, 0.05) is 0 Å². The zero-order valence-corrected chi connectivity index (χ0v) is 27.5. The van der Waals surface area contributed by atoms with Crippen LogP contribution in [0.25, 0.3) is 5.57 Å². The quantitative estimate of drug-likeness (QED) is 0.313. The Morgan fingerprint density at radius 3 is 1.97 bits per heavy atom. The standard InChI is InChI=1S/C19H19.C9H13.C2H6Si.2ClH.Zr/c1-12-11-13(2)19(15(4)14(12)3)18-10-9-16-7-5-6-8-17(16)18;1-6-5-7(2)9(4)8(6)3;1-3-2;;;/h5-11H,1-4H3;6H,1-4H3;1-2H3;2*1H;. The molecular weight excluding hydrogens is 551 g/mol. The number of fused-ring (bicyclic) bond motifs is 1. The molecule has 2 aliphatic rings. The number of hydrogen-bond donors (Lipinski definition) is 0. The van der Waals surface area contributed by atoms with Gasteiger partial charge in [-0.25, -0.2) is 0 Å². The van der Waals surface area contributed by atoms with E-state index in [1.54, 1.807) is 22.3 Å². The van der Waals surface area contributed by atoms with E-state index in [9.17, 15) is 0 Å². The van der Waals surface area contributed by atoms with Crippen LogP contribution in [-0.2, 0) is 20.4 Å². The first-order chi connectivity index (χ1) is 15.1. The van der Waals surface area contributed by atoms with Crippen molar-refractivity contribution in [3.8, 4) is 0 Å². The fourth-order valence-electron chi connectivity index (χ4n) is 6.06. The monoisotopic (exact) mass is 588 g/mol. The molecule has 0 heterocycles. The van der Waals surface area contributed by atoms with E-state index in [1.807, 2.05) is 3.28 Å². The number of allylic oxidation sites excluding steroid dienone is 5. The molecule has 2 aromatic rings. The predicted molar refractivity (Wildman–Crippen MR) is 154 cm³/mol. The van der Waals surface area contributed by atoms with Crippen LogP contribution in [0.2, 0.25) is 13.1 Å². The van der Waals surface area contributed by atoms with Gasteiger partial charge in [0.1, 0.15) is 0 Å². The summed E-state index contributed by atoms with van der Waals surface area (Å²) in [5, 5.41) is 0. The van der Waals surface area contributed by atoms with Crippen LogP contribution < -0.4 is 0 Å². The van der Waals surface area contributed by atoms with Gasteiger partial charge in [0.05, 0.1) is 0 Å². The second kappa shape index (κ2) is 11.2. The maximum absolute atomic E-state index is 2.73. The minimum atomic E-state index is -1.95. The molecule has 2 aromatic carbocycles. The zero-order chi connectivity index (χ0) is 23.5. The molecule has 0 radical (unpaired) electrons. The van der Waals surface area contributed by atoms with Gasteiger partial charge in [-0.3, -0.25) is 0 Å². The fourth-order valence-corrected chi connectivity index (χ4v) is 25.7. The first-order valence-corrected chi connectivity index (χ1v) is 20.8. The molecule has 0 fully saturated rings. The Kier molecular flexibility index (Phi) is 9.71. The molecule has 0 nitrogen and oxygen atoms in total. The van der Waals surface area contributed by atoms with Crippen molar-refractivity contribution >= 4 is 35.8 Å². The Hall–Kier alpha value is -0.660. The van der Waals surface area contributed by atoms with Crippen molar-refractivity contribution in [2.24, 2.45) is 5.92 Å². The number of benzene rings is 2. The molecule has 0 spiro atoms. The molecule has 0 N–H and O–H groups in total. The van der Waals surface area contributed by atoms with E-state index in [0.717, 1.165) is 0 Å². The van der Waals surface area contributed by atoms with Crippen LogP contribution in [0.1, 0.15) is 70.3 Å². The second-order valence-corrected chi connectivity index (χ2v) is 27.7. The Morgan fingerprint density at radius 1 is 0.794 bits per heavy atom. The molecule has 34 heavy (non-hydrogen) atoms. The minimum absolute atomic E-state index is 0. The third-order valence-corrected chi connectivity index (χ3v) is 26.9. The summed E-state index contributed by atoms with van der Waals surface area (Å²) < 4.78 is 2.58. The fraction of sp³-hybridized carbons (Fsp3) is 0.400. The number of halogens is 2. The van der Waals surface area contributed by atoms with Gasteiger partial charge < -0.3 is 0 Å². The molecule has 0 aliphatic heterocycles. The molecule has 0 saturated heterocycles. The van der Waals surface area contributed by atoms with Crippen LogP contribution in [0.4, 0.5) is 0 Å². The van der Waals surface area contributed by atoms with Gasteiger partial charge in [-0.05, 0) is 0 Å². The topological polar surface area (TPSA) is 0 Å². The van der Waals surface area contributed by atoms with Gasteiger partial charge in [-0.2, -0.15) is 0 Å². The summed E-state index contributed by atoms with van der Waals surface area (Å²) in [7, 11) is 0. The van der Waals surface area contributed by atoms with E-state index in [4.69, 9.17) is 0 Å². The van der Waals surface area contributed by atoms with Crippen molar-refractivity contribution in [3.63, 3.8) is 0 Å². The molecular formula is C30H40Cl2SiZr. The summed E-state index contributed by atoms with van der Waals surface area (Å²) >= 11 is -1.95. The van der Waals surface area contributed by atoms with Gasteiger partial charge in [0.25, 0.3) is 0 Å². The molecule has 2 atom stereocenters. The van der Waals surface area contributed by atoms with Gasteiger partial charge in [0.15, 0.2) is 0 Å². The maximum Gasteiger partial charge on any atom is -0.147 e. The Morgan fingerprint density at radius 2 is 1.41 bits per heavy atom. The summed E-state index contributed by atoms with van der Waals surface area (Å²) in [6.07, 6.45) is 2.73. The average Bonchev–Trinajstić information content (AvgIpc) is 3.20. The Bertz CT molecular complexity index is 1270. The molecule has 0 aromatic heterocycles. The van der Waals surface area contributed by atoms with Crippen molar-refractivity contribution < 1.29 is 20.4 Å². The number of aryl methyl sites for hydroxylation is 2. The second-order valence-electron chi connectivity index (χ2n) is 10.3. The van der Waals surface area contributed by atoms with Crippen LogP contribution >= 0.6 is 24.8 Å². The van der Waals surface area contributed by atoms with Gasteiger partial charge >= 0.3 is 205 Å². The number of rotatable bonds is 3. The Balaban J connectivity index is 0.00000204. The van der Waals surface area contributed by atoms with E-state index in [0.29, 0.717) is 9.54 Å². The third-order valence-electron chi connectivity index (χ3n) is 8.33. The molecule has 2 aliphatic carbocycles. The first kappa shape index (κ1) is 29.6. The van der Waals surface area contributed by atoms with Crippen molar-refractivity contribution in [1.82, 2.24) is 0 Å². The normalized spacial score (nSPS) is 18.9. The van der Waals surface area contributed by atoms with Crippen LogP contribution in [0.15, 0.2) is 56.4 Å². The van der Waals surface area contributed by atoms with Gasteiger partial charge in [0.2, 0.25) is 0 Å². The average molecular weight is 591 g/mol. The van der Waals surface area contributed by atoms with Crippen LogP contribution in [0.3, 0.4) is 0 Å². The summed E-state index contributed by atoms with van der Waals surface area (Å²) in [6, 6.07) is 11.7. The van der Waals surface area contributed by atoms with E-state index in [1.165, 1.54) is 39.0 Å². The van der Waals surface area contributed by atoms with Crippen molar-refractivity contribution in [1.29, 1.82) is 0 Å². The smallest absolute Gasteiger partial charge is 0.147 e. The predicted octanol–water partition coefficient (Wildman–Crippen LogP) is 9.38. The van der Waals surface area contributed by atoms with Crippen LogP contribution in [-0.4, -0.2) is 5.43 Å². The first-order valence-electron chi connectivity index (χ1n) is 12.0. The zero-order valence-electron chi connectivity index (χ0n) is 22.4. The number of hydrogen-bond acceptors (Lipinski definition) is 0. The molecule has 182 valence electrons. The molecule has 0 bridgehead atoms. The van der Waals surface area contributed by atoms with Crippen molar-refractivity contribution in [2.45, 2.75) is 72.1 Å². The van der Waals surface area contributed by atoms with Crippen LogP contribution in [0, 0.1) is 33.6 Å². The third kappa shape index (κ3) is 4.70. The van der Waals surface area contributed by atoms with Gasteiger partial charge in [-0.1, -0.05) is 0 Å². The summed E-state index contributed by atoms with van der Waals surface area (Å²) in [5.41, 5.74) is 16.3. The van der Waals surface area contributed by atoms with E-state index in [-0.39, 0.29) is 30.2 Å². The summed E-state index contributed by atoms with van der Waals surface area (Å²) in [6.45, 7) is 24.0. The summed E-state index contributed by atoms with van der Waals surface area (Å²) in [4.78, 5) is 0. The molecule has 4 rings (SSSR count). The van der Waals surface area contributed by atoms with E-state index >= 15 is 0 Å². The molecule has 2 unspecified atom stereocenters. The van der Waals surface area contributed by atoms with E-state index < -0.39 is 20.4 Å². The van der Waals surface area contributed by atoms with E-state index in [2.05, 4.69) is 105 Å². The molecule has 0 saturated carbocycles. The molecule has 4 heteroatoms.